The van der Waals surface area contributed by atoms with E-state index in [0.29, 0.717) is 18.3 Å². The number of rotatable bonds is 8. The van der Waals surface area contributed by atoms with Gasteiger partial charge in [-0.3, -0.25) is 0 Å². The van der Waals surface area contributed by atoms with E-state index in [0.717, 1.165) is 5.75 Å². The average Bonchev–Trinajstić information content (AvgIpc) is 2.00. The first-order valence-corrected chi connectivity index (χ1v) is 9.37. The van der Waals surface area contributed by atoms with Crippen LogP contribution >= 0.6 is 73.2 Å². The fourth-order valence-corrected chi connectivity index (χ4v) is 6.29. The summed E-state index contributed by atoms with van der Waals surface area (Å²) < 4.78 is 1.83. The predicted molar refractivity (Wildman–Crippen MR) is 91.4 cm³/mol. The molecule has 0 aliphatic heterocycles. The van der Waals surface area contributed by atoms with Crippen LogP contribution in [-0.4, -0.2) is 24.1 Å². The van der Waals surface area contributed by atoms with Crippen LogP contribution in [0.4, 0.5) is 0 Å². The summed E-state index contributed by atoms with van der Waals surface area (Å²) in [5, 5.41) is 0. The highest BCUT2D eigenvalue weighted by Crippen LogP contribution is 2.36. The third kappa shape index (κ3) is 12.3. The van der Waals surface area contributed by atoms with E-state index in [1.165, 1.54) is 6.42 Å². The molecule has 0 heterocycles. The average molecular weight is 321 g/mol. The topological polar surface area (TPSA) is 0 Å². The minimum absolute atomic E-state index is 0.396. The zero-order valence-electron chi connectivity index (χ0n) is 9.29. The molecule has 0 nitrogen and oxygen atoms in total. The number of hydrogen-bond donors (Lipinski definition) is 3. The third-order valence-corrected chi connectivity index (χ3v) is 6.07. The Hall–Kier alpha value is 2.10. The maximum atomic E-state index is 4.43. The molecule has 0 aromatic carbocycles. The van der Waals surface area contributed by atoms with Gasteiger partial charge < -0.3 is 0 Å². The molecule has 0 rings (SSSR count). The first-order chi connectivity index (χ1) is 6.91. The van der Waals surface area contributed by atoms with Gasteiger partial charge in [-0.1, -0.05) is 0 Å². The second-order valence-electron chi connectivity index (χ2n) is 3.16. The smallest absolute Gasteiger partial charge is 0.0532 e. The molecule has 15 heavy (non-hydrogen) atoms. The Bertz CT molecular complexity index is 138. The summed E-state index contributed by atoms with van der Waals surface area (Å²) in [6, 6.07) is 0. The summed E-state index contributed by atoms with van der Waals surface area (Å²) >= 11 is 19.0. The minimum Gasteiger partial charge on any atom is -0.165 e. The predicted octanol–water partition coefficient (Wildman–Crippen LogP) is 4.73. The van der Waals surface area contributed by atoms with Crippen molar-refractivity contribution in [1.29, 1.82) is 0 Å². The van der Waals surface area contributed by atoms with Crippen molar-refractivity contribution in [2.24, 2.45) is 0 Å². The maximum absolute atomic E-state index is 4.43. The van der Waals surface area contributed by atoms with Crippen molar-refractivity contribution < 1.29 is 0 Å². The molecule has 3 atom stereocenters. The molecule has 0 radical (unpaired) electrons. The van der Waals surface area contributed by atoms with E-state index >= 15 is 0 Å². The van der Waals surface area contributed by atoms with E-state index < -0.39 is 0 Å². The van der Waals surface area contributed by atoms with Crippen molar-refractivity contribution in [3.63, 3.8) is 0 Å². The molecule has 0 aromatic heterocycles. The van der Waals surface area contributed by atoms with Crippen molar-refractivity contribution in [1.82, 2.24) is 0 Å². The van der Waals surface area contributed by atoms with Crippen LogP contribution in [0.2, 0.25) is 0 Å². The van der Waals surface area contributed by atoms with Crippen LogP contribution in [0.5, 0.6) is 0 Å². The van der Waals surface area contributed by atoms with Gasteiger partial charge in [0, 0.05) is 13.7 Å². The largest absolute Gasteiger partial charge is 0.165 e. The first-order valence-electron chi connectivity index (χ1n) is 4.88. The van der Waals surface area contributed by atoms with Crippen molar-refractivity contribution in [3.05, 3.63) is 0 Å². The van der Waals surface area contributed by atoms with Crippen LogP contribution in [-0.2, 0) is 0 Å². The van der Waals surface area contributed by atoms with Crippen LogP contribution in [0.25, 0.3) is 0 Å². The Labute approximate surface area is 123 Å². The zero-order valence-corrected chi connectivity index (χ0v) is 14.4. The Morgan fingerprint density at radius 1 is 0.867 bits per heavy atom. The van der Waals surface area contributed by atoms with E-state index in [1.54, 1.807) is 0 Å². The summed E-state index contributed by atoms with van der Waals surface area (Å²) in [6.45, 7) is 6.36. The van der Waals surface area contributed by atoms with Gasteiger partial charge in [0.2, 0.25) is 0 Å². The van der Waals surface area contributed by atoms with Crippen molar-refractivity contribution in [2.75, 3.05) is 5.75 Å². The van der Waals surface area contributed by atoms with E-state index in [1.807, 2.05) is 35.3 Å². The van der Waals surface area contributed by atoms with Crippen LogP contribution in [0.3, 0.4) is 0 Å². The molecule has 0 aliphatic rings. The van der Waals surface area contributed by atoms with Gasteiger partial charge in [0.25, 0.3) is 0 Å². The summed E-state index contributed by atoms with van der Waals surface area (Å²) in [5.41, 5.74) is 0. The van der Waals surface area contributed by atoms with Gasteiger partial charge in [0.05, 0.1) is 4.58 Å². The van der Waals surface area contributed by atoms with Gasteiger partial charge >= 0.3 is 0 Å². The fourth-order valence-electron chi connectivity index (χ4n) is 0.942. The quantitative estimate of drug-likeness (QED) is 0.437. The summed E-state index contributed by atoms with van der Waals surface area (Å²) in [7, 11) is 0. The van der Waals surface area contributed by atoms with Gasteiger partial charge in [-0.25, -0.2) is 0 Å². The molecule has 6 heteroatoms. The monoisotopic (exact) mass is 320 g/mol. The second-order valence-corrected chi connectivity index (χ2v) is 11.4. The van der Waals surface area contributed by atoms with Crippen LogP contribution < -0.4 is 0 Å². The molecular formula is C9H20S6. The Morgan fingerprint density at radius 3 is 1.67 bits per heavy atom. The molecule has 0 aliphatic carbocycles. The summed E-state index contributed by atoms with van der Waals surface area (Å²) in [6.07, 6.45) is 1.20. The lowest BCUT2D eigenvalue weighted by Crippen LogP contribution is -2.06. The number of thiol groups is 3. The van der Waals surface area contributed by atoms with Crippen molar-refractivity contribution in [3.8, 4) is 0 Å². The van der Waals surface area contributed by atoms with Gasteiger partial charge in [0.1, 0.15) is 0 Å². The molecule has 0 saturated carbocycles. The van der Waals surface area contributed by atoms with Crippen LogP contribution in [0.15, 0.2) is 0 Å². The van der Waals surface area contributed by atoms with Gasteiger partial charge in [0.15, 0.2) is 0 Å². The highest BCUT2D eigenvalue weighted by Gasteiger charge is 2.14. The molecule has 0 fully saturated rings. The van der Waals surface area contributed by atoms with Gasteiger partial charge in [-0.15, -0.1) is 35.3 Å². The standard InChI is InChI=1S/C9H20S6/c1-6(10)13-5-4-9(14-7(2)11)15-8(3)12/h6-12H,4-5H2,1-3H3. The molecule has 0 aromatic rings. The van der Waals surface area contributed by atoms with E-state index in [4.69, 9.17) is 0 Å². The molecule has 0 amide bonds. The van der Waals surface area contributed by atoms with Gasteiger partial charge in [-0.2, -0.15) is 37.9 Å². The van der Waals surface area contributed by atoms with Crippen LogP contribution in [0.1, 0.15) is 27.2 Å². The zero-order chi connectivity index (χ0) is 11.8. The lowest BCUT2D eigenvalue weighted by molar-refractivity contribution is 1.06. The Balaban J connectivity index is 3.79. The van der Waals surface area contributed by atoms with Crippen molar-refractivity contribution in [2.45, 2.75) is 45.5 Å². The van der Waals surface area contributed by atoms with E-state index in [-0.39, 0.29) is 0 Å². The molecule has 0 saturated heterocycles. The van der Waals surface area contributed by atoms with E-state index in [9.17, 15) is 0 Å². The molecule has 0 N–H and O–H groups in total. The van der Waals surface area contributed by atoms with Crippen LogP contribution in [0, 0.1) is 0 Å². The SMILES string of the molecule is CC(S)SCCC(SC(C)S)SC(C)S. The number of thioether (sulfide) groups is 3. The van der Waals surface area contributed by atoms with Gasteiger partial charge in [-0.05, 0) is 32.9 Å². The highest BCUT2D eigenvalue weighted by atomic mass is 32.2. The number of hydrogen-bond acceptors (Lipinski definition) is 6. The van der Waals surface area contributed by atoms with E-state index in [2.05, 4.69) is 58.7 Å². The Morgan fingerprint density at radius 2 is 1.33 bits per heavy atom. The summed E-state index contributed by atoms with van der Waals surface area (Å²) in [4.78, 5) is 0. The minimum atomic E-state index is 0.396. The molecule has 0 spiro atoms. The molecular weight excluding hydrogens is 301 g/mol. The molecule has 3 unspecified atom stereocenters. The lowest BCUT2D eigenvalue weighted by Gasteiger charge is -2.19. The molecule has 92 valence electrons. The lowest BCUT2D eigenvalue weighted by atomic mass is 10.6. The summed E-state index contributed by atoms with van der Waals surface area (Å²) in [5.74, 6) is 1.16. The Kier molecular flexibility index (Phi) is 11.5. The molecule has 0 bridgehead atoms. The normalized spacial score (nSPS) is 19.6. The fraction of sp³-hybridized carbons (Fsp3) is 1.00. The second kappa shape index (κ2) is 10.1. The highest BCUT2D eigenvalue weighted by molar-refractivity contribution is 8.24. The first kappa shape index (κ1) is 17.1. The van der Waals surface area contributed by atoms with Crippen molar-refractivity contribution >= 4 is 73.2 Å². The maximum Gasteiger partial charge on any atom is 0.0532 e. The third-order valence-electron chi connectivity index (χ3n) is 1.41.